The summed E-state index contributed by atoms with van der Waals surface area (Å²) < 4.78 is 0. The second-order valence-electron chi connectivity index (χ2n) is 4.84. The molecule has 0 aliphatic heterocycles. The summed E-state index contributed by atoms with van der Waals surface area (Å²) in [5, 5.41) is 11.9. The topological polar surface area (TPSA) is 52.9 Å². The Balaban J connectivity index is 1.93. The average molecular weight is 299 g/mol. The van der Waals surface area contributed by atoms with Gasteiger partial charge in [0.25, 0.3) is 0 Å². The second kappa shape index (κ2) is 6.92. The van der Waals surface area contributed by atoms with Crippen LogP contribution in [0.5, 0.6) is 0 Å². The van der Waals surface area contributed by atoms with Crippen molar-refractivity contribution in [2.45, 2.75) is 19.8 Å². The molecule has 2 aromatic carbocycles. The van der Waals surface area contributed by atoms with E-state index in [0.717, 1.165) is 5.56 Å². The smallest absolute Gasteiger partial charge is 0.224 e. The highest BCUT2D eigenvalue weighted by Crippen LogP contribution is 2.20. The van der Waals surface area contributed by atoms with E-state index in [1.165, 1.54) is 5.56 Å². The third kappa shape index (κ3) is 4.34. The number of hydrogen-bond donors (Lipinski definition) is 1. The van der Waals surface area contributed by atoms with Crippen molar-refractivity contribution >= 4 is 23.2 Å². The number of nitrogens with one attached hydrogen (secondary N) is 1. The summed E-state index contributed by atoms with van der Waals surface area (Å²) in [5.74, 6) is -0.0720. The van der Waals surface area contributed by atoms with Crippen molar-refractivity contribution in [3.8, 4) is 6.07 Å². The summed E-state index contributed by atoms with van der Waals surface area (Å²) in [7, 11) is 0. The Morgan fingerprint density at radius 2 is 2.10 bits per heavy atom. The van der Waals surface area contributed by atoms with Crippen LogP contribution >= 0.6 is 11.6 Å². The molecule has 1 N–H and O–H groups in total. The molecule has 3 nitrogen and oxygen atoms in total. The van der Waals surface area contributed by atoms with Crippen LogP contribution in [-0.4, -0.2) is 5.91 Å². The Labute approximate surface area is 129 Å². The van der Waals surface area contributed by atoms with Crippen molar-refractivity contribution in [2.75, 3.05) is 5.32 Å². The molecule has 0 fully saturated rings. The SMILES string of the molecule is Cc1cccc(CCC(=O)Nc2ccc(C#N)c(Cl)c2)c1. The molecule has 0 aromatic heterocycles. The minimum Gasteiger partial charge on any atom is -0.326 e. The van der Waals surface area contributed by atoms with E-state index in [4.69, 9.17) is 16.9 Å². The van der Waals surface area contributed by atoms with Crippen LogP contribution in [0, 0.1) is 18.3 Å². The highest BCUT2D eigenvalue weighted by Gasteiger charge is 2.06. The third-order valence-electron chi connectivity index (χ3n) is 3.10. The van der Waals surface area contributed by atoms with Gasteiger partial charge < -0.3 is 5.32 Å². The van der Waals surface area contributed by atoms with Gasteiger partial charge in [-0.25, -0.2) is 0 Å². The molecule has 0 atom stereocenters. The van der Waals surface area contributed by atoms with E-state index in [0.29, 0.717) is 29.1 Å². The molecule has 4 heteroatoms. The Morgan fingerprint density at radius 1 is 1.29 bits per heavy atom. The van der Waals surface area contributed by atoms with Crippen LogP contribution in [0.2, 0.25) is 5.02 Å². The van der Waals surface area contributed by atoms with E-state index in [-0.39, 0.29) is 5.91 Å². The number of nitrogens with zero attached hydrogens (tertiary/aromatic N) is 1. The van der Waals surface area contributed by atoms with Crippen LogP contribution in [0.3, 0.4) is 0 Å². The third-order valence-corrected chi connectivity index (χ3v) is 3.41. The summed E-state index contributed by atoms with van der Waals surface area (Å²) in [6, 6.07) is 14.9. The van der Waals surface area contributed by atoms with Gasteiger partial charge in [0.1, 0.15) is 6.07 Å². The van der Waals surface area contributed by atoms with Crippen LogP contribution in [0.1, 0.15) is 23.1 Å². The number of halogens is 1. The first-order chi connectivity index (χ1) is 10.1. The number of aryl methyl sites for hydroxylation is 2. The number of hydrogen-bond acceptors (Lipinski definition) is 2. The van der Waals surface area contributed by atoms with Crippen molar-refractivity contribution in [1.82, 2.24) is 0 Å². The largest absolute Gasteiger partial charge is 0.326 e. The second-order valence-corrected chi connectivity index (χ2v) is 5.25. The molecule has 0 heterocycles. The highest BCUT2D eigenvalue weighted by atomic mass is 35.5. The van der Waals surface area contributed by atoms with Crippen molar-refractivity contribution in [3.05, 3.63) is 64.2 Å². The number of anilines is 1. The van der Waals surface area contributed by atoms with Crippen LogP contribution in [-0.2, 0) is 11.2 Å². The fourth-order valence-corrected chi connectivity index (χ4v) is 2.26. The van der Waals surface area contributed by atoms with Gasteiger partial charge in [0, 0.05) is 12.1 Å². The van der Waals surface area contributed by atoms with Gasteiger partial charge in [0.05, 0.1) is 10.6 Å². The van der Waals surface area contributed by atoms with Crippen molar-refractivity contribution in [1.29, 1.82) is 5.26 Å². The number of carbonyl (C=O) groups is 1. The van der Waals surface area contributed by atoms with E-state index in [1.54, 1.807) is 18.2 Å². The molecular formula is C17H15ClN2O. The molecule has 2 rings (SSSR count). The maximum absolute atomic E-state index is 11.9. The monoisotopic (exact) mass is 298 g/mol. The Bertz CT molecular complexity index is 704. The van der Waals surface area contributed by atoms with Crippen LogP contribution in [0.25, 0.3) is 0 Å². The van der Waals surface area contributed by atoms with Crippen molar-refractivity contribution < 1.29 is 4.79 Å². The minimum absolute atomic E-state index is 0.0720. The quantitative estimate of drug-likeness (QED) is 0.924. The van der Waals surface area contributed by atoms with Crippen molar-refractivity contribution in [2.24, 2.45) is 0 Å². The van der Waals surface area contributed by atoms with Gasteiger partial charge in [-0.3, -0.25) is 4.79 Å². The summed E-state index contributed by atoms with van der Waals surface area (Å²) in [5.41, 5.74) is 3.33. The molecule has 1 amide bonds. The Kier molecular flexibility index (Phi) is 4.97. The van der Waals surface area contributed by atoms with Gasteiger partial charge in [0.2, 0.25) is 5.91 Å². The molecule has 0 aliphatic carbocycles. The molecule has 0 aliphatic rings. The maximum atomic E-state index is 11.9. The lowest BCUT2D eigenvalue weighted by Crippen LogP contribution is -2.12. The molecule has 0 unspecified atom stereocenters. The van der Waals surface area contributed by atoms with E-state index < -0.39 is 0 Å². The van der Waals surface area contributed by atoms with Gasteiger partial charge in [-0.15, -0.1) is 0 Å². The highest BCUT2D eigenvalue weighted by molar-refractivity contribution is 6.32. The average Bonchev–Trinajstić information content (AvgIpc) is 2.45. The fourth-order valence-electron chi connectivity index (χ4n) is 2.03. The van der Waals surface area contributed by atoms with E-state index in [1.807, 2.05) is 31.2 Å². The molecule has 21 heavy (non-hydrogen) atoms. The first kappa shape index (κ1) is 15.1. The van der Waals surface area contributed by atoms with Gasteiger partial charge >= 0.3 is 0 Å². The zero-order valence-electron chi connectivity index (χ0n) is 11.7. The molecule has 0 radical (unpaired) electrons. The van der Waals surface area contributed by atoms with Crippen molar-refractivity contribution in [3.63, 3.8) is 0 Å². The summed E-state index contributed by atoms with van der Waals surface area (Å²) in [6.45, 7) is 2.03. The predicted molar refractivity (Wildman–Crippen MR) is 84.3 cm³/mol. The molecule has 0 saturated carbocycles. The van der Waals surface area contributed by atoms with Crippen LogP contribution < -0.4 is 5.32 Å². The lowest BCUT2D eigenvalue weighted by atomic mass is 10.1. The van der Waals surface area contributed by atoms with Gasteiger partial charge in [0.15, 0.2) is 0 Å². The standard InChI is InChI=1S/C17H15ClN2O/c1-12-3-2-4-13(9-12)5-8-17(21)20-15-7-6-14(11-19)16(18)10-15/h2-4,6-7,9-10H,5,8H2,1H3,(H,20,21). The summed E-state index contributed by atoms with van der Waals surface area (Å²) in [4.78, 5) is 11.9. The zero-order valence-corrected chi connectivity index (χ0v) is 12.4. The normalized spacial score (nSPS) is 9.95. The number of amides is 1. The Morgan fingerprint density at radius 3 is 2.76 bits per heavy atom. The summed E-state index contributed by atoms with van der Waals surface area (Å²) in [6.07, 6.45) is 1.10. The number of rotatable bonds is 4. The predicted octanol–water partition coefficient (Wildman–Crippen LogP) is 4.09. The first-order valence-electron chi connectivity index (χ1n) is 6.63. The van der Waals surface area contributed by atoms with E-state index in [2.05, 4.69) is 11.4 Å². The Hall–Kier alpha value is -2.31. The first-order valence-corrected chi connectivity index (χ1v) is 7.01. The van der Waals surface area contributed by atoms with E-state index in [9.17, 15) is 4.79 Å². The molecule has 0 spiro atoms. The molecule has 106 valence electrons. The van der Waals surface area contributed by atoms with Gasteiger partial charge in [-0.1, -0.05) is 41.4 Å². The molecule has 2 aromatic rings. The lowest BCUT2D eigenvalue weighted by molar-refractivity contribution is -0.116. The van der Waals surface area contributed by atoms with Gasteiger partial charge in [-0.2, -0.15) is 5.26 Å². The van der Waals surface area contributed by atoms with Crippen LogP contribution in [0.4, 0.5) is 5.69 Å². The molecular weight excluding hydrogens is 284 g/mol. The zero-order chi connectivity index (χ0) is 15.2. The van der Waals surface area contributed by atoms with Gasteiger partial charge in [-0.05, 0) is 37.1 Å². The number of carbonyl (C=O) groups excluding carboxylic acids is 1. The van der Waals surface area contributed by atoms with Crippen LogP contribution in [0.15, 0.2) is 42.5 Å². The lowest BCUT2D eigenvalue weighted by Gasteiger charge is -2.07. The van der Waals surface area contributed by atoms with E-state index >= 15 is 0 Å². The molecule has 0 saturated heterocycles. The minimum atomic E-state index is -0.0720. The number of nitriles is 1. The summed E-state index contributed by atoms with van der Waals surface area (Å²) >= 11 is 5.93. The fraction of sp³-hybridized carbons (Fsp3) is 0.176. The maximum Gasteiger partial charge on any atom is 0.224 e. The number of benzene rings is 2. The molecule has 0 bridgehead atoms.